The summed E-state index contributed by atoms with van der Waals surface area (Å²) in [4.78, 5) is 10.8. The van der Waals surface area contributed by atoms with E-state index in [1.54, 1.807) is 0 Å². The molecule has 0 aliphatic heterocycles. The molecule has 1 atom stereocenters. The van der Waals surface area contributed by atoms with Crippen molar-refractivity contribution in [3.63, 3.8) is 0 Å². The average molecular weight is 192 g/mol. The minimum absolute atomic E-state index is 0.0219. The van der Waals surface area contributed by atoms with Gasteiger partial charge in [0.2, 0.25) is 5.89 Å². The van der Waals surface area contributed by atoms with E-state index in [1.807, 2.05) is 0 Å². The van der Waals surface area contributed by atoms with Crippen molar-refractivity contribution in [2.75, 3.05) is 5.75 Å². The van der Waals surface area contributed by atoms with Crippen molar-refractivity contribution in [1.82, 2.24) is 9.78 Å². The molecule has 1 unspecified atom stereocenters. The van der Waals surface area contributed by atoms with Crippen LogP contribution in [0.25, 0.3) is 0 Å². The molecule has 12 heavy (non-hydrogen) atoms. The summed E-state index contributed by atoms with van der Waals surface area (Å²) in [6.45, 7) is 1.63. The molecule has 0 saturated carbocycles. The number of aromatic nitrogens is 2. The van der Waals surface area contributed by atoms with Crippen molar-refractivity contribution >= 4 is 11.1 Å². The van der Waals surface area contributed by atoms with E-state index in [4.69, 9.17) is 4.55 Å². The molecule has 0 bridgehead atoms. The maximum atomic E-state index is 10.8. The largest absolute Gasteiger partial charge is 0.437 e. The highest BCUT2D eigenvalue weighted by molar-refractivity contribution is 7.79. The quantitative estimate of drug-likeness (QED) is 0.644. The van der Waals surface area contributed by atoms with Gasteiger partial charge in [0.05, 0.1) is 12.3 Å². The van der Waals surface area contributed by atoms with Gasteiger partial charge in [-0.2, -0.15) is 4.68 Å². The molecule has 1 aromatic rings. The first-order valence-electron chi connectivity index (χ1n) is 3.21. The van der Waals surface area contributed by atoms with Crippen LogP contribution in [-0.4, -0.2) is 24.3 Å². The van der Waals surface area contributed by atoms with Gasteiger partial charge >= 0.3 is 5.76 Å². The minimum Gasteiger partial charge on any atom is -0.393 e. The third-order valence-electron chi connectivity index (χ3n) is 1.19. The van der Waals surface area contributed by atoms with Crippen LogP contribution in [0.5, 0.6) is 0 Å². The normalized spacial score (nSPS) is 13.2. The highest BCUT2D eigenvalue weighted by Crippen LogP contribution is 1.86. The van der Waals surface area contributed by atoms with Crippen molar-refractivity contribution in [2.24, 2.45) is 0 Å². The van der Waals surface area contributed by atoms with Crippen LogP contribution in [0.15, 0.2) is 9.21 Å². The van der Waals surface area contributed by atoms with Gasteiger partial charge in [0.15, 0.2) is 11.1 Å². The fourth-order valence-electron chi connectivity index (χ4n) is 0.716. The summed E-state index contributed by atoms with van der Waals surface area (Å²) >= 11 is -1.91. The van der Waals surface area contributed by atoms with E-state index in [9.17, 15) is 9.00 Å². The third-order valence-corrected chi connectivity index (χ3v) is 1.72. The van der Waals surface area contributed by atoms with Gasteiger partial charge in [-0.05, 0) is 0 Å². The Hall–Kier alpha value is -0.950. The maximum Gasteiger partial charge on any atom is 0.437 e. The third kappa shape index (κ3) is 2.28. The van der Waals surface area contributed by atoms with E-state index in [0.29, 0.717) is 0 Å². The molecule has 0 aliphatic rings. The molecule has 1 heterocycles. The second-order valence-corrected chi connectivity index (χ2v) is 3.19. The average Bonchev–Trinajstić information content (AvgIpc) is 2.26. The fourth-order valence-corrected chi connectivity index (χ4v) is 1.05. The molecular weight excluding hydrogens is 184 g/mol. The molecular formula is C5H8N2O4S. The number of rotatable bonds is 3. The summed E-state index contributed by atoms with van der Waals surface area (Å²) in [5.41, 5.74) is 0. The number of nitrogens with zero attached hydrogens (tertiary/aromatic N) is 2. The summed E-state index contributed by atoms with van der Waals surface area (Å²) in [5.74, 6) is -0.368. The van der Waals surface area contributed by atoms with Gasteiger partial charge in [-0.3, -0.25) is 0 Å². The molecule has 68 valence electrons. The van der Waals surface area contributed by atoms with E-state index >= 15 is 0 Å². The Morgan fingerprint density at radius 3 is 2.83 bits per heavy atom. The van der Waals surface area contributed by atoms with Gasteiger partial charge in [0.25, 0.3) is 0 Å². The minimum atomic E-state index is -1.91. The number of hydrogen-bond donors (Lipinski definition) is 1. The van der Waals surface area contributed by atoms with Crippen molar-refractivity contribution in [3.8, 4) is 0 Å². The zero-order valence-corrected chi connectivity index (χ0v) is 7.21. The first-order chi connectivity index (χ1) is 5.59. The molecule has 0 radical (unpaired) electrons. The summed E-state index contributed by atoms with van der Waals surface area (Å²) < 4.78 is 24.2. The van der Waals surface area contributed by atoms with Crippen LogP contribution in [0.3, 0.4) is 0 Å². The molecule has 0 spiro atoms. The fraction of sp³-hybridized carbons (Fsp3) is 0.600. The molecule has 0 aliphatic carbocycles. The lowest BCUT2D eigenvalue weighted by atomic mass is 10.8. The Morgan fingerprint density at radius 2 is 2.42 bits per heavy atom. The second kappa shape index (κ2) is 3.63. The molecule has 1 N–H and O–H groups in total. The van der Waals surface area contributed by atoms with Gasteiger partial charge in [-0.15, -0.1) is 5.10 Å². The summed E-state index contributed by atoms with van der Waals surface area (Å²) in [6, 6.07) is 0. The lowest BCUT2D eigenvalue weighted by molar-refractivity contribution is 0.462. The topological polar surface area (TPSA) is 85.3 Å². The standard InChI is InChI=1S/C5H8N2O4S/c1-4-6-7(5(8)11-4)2-3-12(9)10/h2-3H2,1H3,(H,9,10). The van der Waals surface area contributed by atoms with Crippen LogP contribution in [0.2, 0.25) is 0 Å². The van der Waals surface area contributed by atoms with Gasteiger partial charge in [0.1, 0.15) is 0 Å². The monoisotopic (exact) mass is 192 g/mol. The Bertz CT molecular complexity index is 341. The molecule has 0 saturated heterocycles. The Labute approximate surface area is 70.5 Å². The van der Waals surface area contributed by atoms with Crippen molar-refractivity contribution in [3.05, 3.63) is 16.4 Å². The molecule has 0 amide bonds. The van der Waals surface area contributed by atoms with Crippen LogP contribution < -0.4 is 5.76 Å². The highest BCUT2D eigenvalue weighted by atomic mass is 32.2. The molecule has 0 fully saturated rings. The van der Waals surface area contributed by atoms with Crippen molar-refractivity contribution < 1.29 is 13.2 Å². The number of hydrogen-bond acceptors (Lipinski definition) is 4. The van der Waals surface area contributed by atoms with Gasteiger partial charge in [-0.25, -0.2) is 9.00 Å². The number of aryl methyl sites for hydroxylation is 2. The summed E-state index contributed by atoms with van der Waals surface area (Å²) in [6.07, 6.45) is 0. The second-order valence-electron chi connectivity index (χ2n) is 2.14. The first-order valence-corrected chi connectivity index (χ1v) is 4.49. The van der Waals surface area contributed by atoms with Gasteiger partial charge in [-0.1, -0.05) is 0 Å². The van der Waals surface area contributed by atoms with Gasteiger partial charge in [0, 0.05) is 6.92 Å². The first kappa shape index (κ1) is 9.14. The zero-order valence-electron chi connectivity index (χ0n) is 6.39. The molecule has 1 rings (SSSR count). The lowest BCUT2D eigenvalue weighted by Crippen LogP contribution is -2.19. The van der Waals surface area contributed by atoms with E-state index < -0.39 is 16.8 Å². The lowest BCUT2D eigenvalue weighted by Gasteiger charge is -1.92. The van der Waals surface area contributed by atoms with Crippen LogP contribution >= 0.6 is 0 Å². The Kier molecular flexibility index (Phi) is 2.77. The van der Waals surface area contributed by atoms with Crippen LogP contribution in [0.4, 0.5) is 0 Å². The van der Waals surface area contributed by atoms with E-state index in [0.717, 1.165) is 4.68 Å². The van der Waals surface area contributed by atoms with Crippen LogP contribution in [0.1, 0.15) is 5.89 Å². The zero-order chi connectivity index (χ0) is 9.14. The molecule has 1 aromatic heterocycles. The van der Waals surface area contributed by atoms with Crippen LogP contribution in [0, 0.1) is 6.92 Å². The molecule has 7 heteroatoms. The van der Waals surface area contributed by atoms with E-state index in [-0.39, 0.29) is 18.2 Å². The van der Waals surface area contributed by atoms with Crippen molar-refractivity contribution in [2.45, 2.75) is 13.5 Å². The molecule has 0 aromatic carbocycles. The van der Waals surface area contributed by atoms with E-state index in [1.165, 1.54) is 6.92 Å². The Morgan fingerprint density at radius 1 is 1.75 bits per heavy atom. The van der Waals surface area contributed by atoms with Crippen LogP contribution in [-0.2, 0) is 17.6 Å². The molecule has 6 nitrogen and oxygen atoms in total. The van der Waals surface area contributed by atoms with Gasteiger partial charge < -0.3 is 8.97 Å². The Balaban J connectivity index is 2.69. The smallest absolute Gasteiger partial charge is 0.393 e. The van der Waals surface area contributed by atoms with Crippen molar-refractivity contribution in [1.29, 1.82) is 0 Å². The predicted molar refractivity (Wildman–Crippen MR) is 41.1 cm³/mol. The summed E-state index contributed by atoms with van der Waals surface area (Å²) in [5, 5.41) is 3.67. The summed E-state index contributed by atoms with van der Waals surface area (Å²) in [7, 11) is 0. The SMILES string of the molecule is Cc1nn(CCS(=O)O)c(=O)o1. The predicted octanol–water partition coefficient (Wildman–Crippen LogP) is -0.634. The van der Waals surface area contributed by atoms with E-state index in [2.05, 4.69) is 9.52 Å². The maximum absolute atomic E-state index is 10.8. The highest BCUT2D eigenvalue weighted by Gasteiger charge is 2.04.